The predicted octanol–water partition coefficient (Wildman–Crippen LogP) is 2.52. The molecular weight excluding hydrogens is 410 g/mol. The molecule has 2 aromatic carbocycles. The Morgan fingerprint density at radius 3 is 2.44 bits per heavy atom. The van der Waals surface area contributed by atoms with Crippen molar-refractivity contribution in [2.24, 2.45) is 0 Å². The average molecular weight is 442 g/mol. The third kappa shape index (κ3) is 7.96. The minimum absolute atomic E-state index is 0.0664. The van der Waals surface area contributed by atoms with Crippen LogP contribution in [0.2, 0.25) is 0 Å². The summed E-state index contributed by atoms with van der Waals surface area (Å²) in [6.45, 7) is 4.23. The van der Waals surface area contributed by atoms with Crippen molar-refractivity contribution >= 4 is 17.7 Å². The van der Waals surface area contributed by atoms with Crippen molar-refractivity contribution in [1.29, 1.82) is 0 Å². The van der Waals surface area contributed by atoms with E-state index in [0.29, 0.717) is 38.3 Å². The van der Waals surface area contributed by atoms with Crippen molar-refractivity contribution in [3.05, 3.63) is 65.7 Å². The molecule has 1 saturated heterocycles. The van der Waals surface area contributed by atoms with Crippen molar-refractivity contribution in [3.8, 4) is 0 Å². The molecule has 172 valence electrons. The van der Waals surface area contributed by atoms with Crippen LogP contribution in [0.15, 0.2) is 54.6 Å². The van der Waals surface area contributed by atoms with Gasteiger partial charge < -0.3 is 25.2 Å². The topological polar surface area (TPSA) is 100 Å². The fourth-order valence-electron chi connectivity index (χ4n) is 3.43. The molecule has 3 N–H and O–H groups in total. The normalized spacial score (nSPS) is 15.0. The van der Waals surface area contributed by atoms with E-state index in [1.807, 2.05) is 30.3 Å². The lowest BCUT2D eigenvalue weighted by atomic mass is 10.1. The van der Waals surface area contributed by atoms with E-state index in [-0.39, 0.29) is 12.5 Å². The molecule has 0 radical (unpaired) electrons. The lowest BCUT2D eigenvalue weighted by Gasteiger charge is -2.27. The predicted molar refractivity (Wildman–Crippen MR) is 121 cm³/mol. The summed E-state index contributed by atoms with van der Waals surface area (Å²) in [6.07, 6.45) is -0.412. The van der Waals surface area contributed by atoms with Gasteiger partial charge in [0.05, 0.1) is 19.8 Å². The SMILES string of the molecule is O=C(NCc1ccccc1)OC(CCCN1CCOCC1)C(=O)Nc1ccc(CO)cc1. The molecule has 0 spiro atoms. The molecule has 0 aromatic heterocycles. The van der Waals surface area contributed by atoms with Crippen LogP contribution in [0.4, 0.5) is 10.5 Å². The van der Waals surface area contributed by atoms with Crippen molar-refractivity contribution in [2.45, 2.75) is 32.1 Å². The molecular formula is C24H31N3O5. The third-order valence-corrected chi connectivity index (χ3v) is 5.27. The van der Waals surface area contributed by atoms with Gasteiger partial charge >= 0.3 is 6.09 Å². The molecule has 8 heteroatoms. The zero-order valence-electron chi connectivity index (χ0n) is 18.2. The van der Waals surface area contributed by atoms with Gasteiger partial charge in [0.2, 0.25) is 0 Å². The number of morpholine rings is 1. The second-order valence-corrected chi connectivity index (χ2v) is 7.67. The van der Waals surface area contributed by atoms with Gasteiger partial charge in [0, 0.05) is 25.3 Å². The molecule has 2 amide bonds. The standard InChI is InChI=1S/C24H31N3O5/c28-18-20-8-10-21(11-9-20)26-23(29)22(7-4-12-27-13-15-31-16-14-27)32-24(30)25-17-19-5-2-1-3-6-19/h1-3,5-6,8-11,22,28H,4,7,12-18H2,(H,25,30)(H,26,29). The summed E-state index contributed by atoms with van der Waals surface area (Å²) in [4.78, 5) is 27.5. The van der Waals surface area contributed by atoms with E-state index in [1.54, 1.807) is 24.3 Å². The average Bonchev–Trinajstić information content (AvgIpc) is 2.84. The number of aliphatic hydroxyl groups is 1. The number of hydrogen-bond donors (Lipinski definition) is 3. The smallest absolute Gasteiger partial charge is 0.408 e. The van der Waals surface area contributed by atoms with E-state index in [2.05, 4.69) is 15.5 Å². The number of nitrogens with zero attached hydrogens (tertiary/aromatic N) is 1. The van der Waals surface area contributed by atoms with E-state index in [9.17, 15) is 14.7 Å². The summed E-state index contributed by atoms with van der Waals surface area (Å²) in [7, 11) is 0. The Balaban J connectivity index is 1.55. The van der Waals surface area contributed by atoms with Crippen LogP contribution in [0.5, 0.6) is 0 Å². The molecule has 1 heterocycles. The Morgan fingerprint density at radius 1 is 1.03 bits per heavy atom. The third-order valence-electron chi connectivity index (χ3n) is 5.27. The first-order valence-electron chi connectivity index (χ1n) is 10.9. The van der Waals surface area contributed by atoms with Gasteiger partial charge in [-0.15, -0.1) is 0 Å². The number of rotatable bonds is 10. The van der Waals surface area contributed by atoms with E-state index in [0.717, 1.165) is 30.8 Å². The first-order valence-corrected chi connectivity index (χ1v) is 10.9. The van der Waals surface area contributed by atoms with Gasteiger partial charge in [0.1, 0.15) is 0 Å². The molecule has 32 heavy (non-hydrogen) atoms. The number of nitrogens with one attached hydrogen (secondary N) is 2. The van der Waals surface area contributed by atoms with Gasteiger partial charge in [-0.2, -0.15) is 0 Å². The van der Waals surface area contributed by atoms with Crippen molar-refractivity contribution in [2.75, 3.05) is 38.2 Å². The summed E-state index contributed by atoms with van der Waals surface area (Å²) in [6, 6.07) is 16.4. The molecule has 1 unspecified atom stereocenters. The van der Waals surface area contributed by atoms with Gasteiger partial charge in [-0.1, -0.05) is 42.5 Å². The van der Waals surface area contributed by atoms with E-state index in [4.69, 9.17) is 9.47 Å². The zero-order chi connectivity index (χ0) is 22.6. The number of carbonyl (C=O) groups is 2. The summed E-state index contributed by atoms with van der Waals surface area (Å²) < 4.78 is 10.9. The molecule has 3 rings (SSSR count). The highest BCUT2D eigenvalue weighted by Crippen LogP contribution is 2.13. The van der Waals surface area contributed by atoms with Crippen LogP contribution in [0.1, 0.15) is 24.0 Å². The van der Waals surface area contributed by atoms with Crippen molar-refractivity contribution < 1.29 is 24.2 Å². The maximum absolute atomic E-state index is 12.9. The summed E-state index contributed by atoms with van der Waals surface area (Å²) in [5.41, 5.74) is 2.28. The second-order valence-electron chi connectivity index (χ2n) is 7.67. The largest absolute Gasteiger partial charge is 0.436 e. The van der Waals surface area contributed by atoms with Crippen molar-refractivity contribution in [1.82, 2.24) is 10.2 Å². The Bertz CT molecular complexity index is 838. The molecule has 0 aliphatic carbocycles. The number of amides is 2. The Hall–Kier alpha value is -2.94. The number of hydrogen-bond acceptors (Lipinski definition) is 6. The monoisotopic (exact) mass is 441 g/mol. The quantitative estimate of drug-likeness (QED) is 0.524. The van der Waals surface area contributed by atoms with E-state index < -0.39 is 12.2 Å². The van der Waals surface area contributed by atoms with Gasteiger partial charge in [-0.25, -0.2) is 4.79 Å². The highest BCUT2D eigenvalue weighted by Gasteiger charge is 2.23. The summed E-state index contributed by atoms with van der Waals surface area (Å²) in [5.74, 6) is -0.376. The van der Waals surface area contributed by atoms with Crippen molar-refractivity contribution in [3.63, 3.8) is 0 Å². The Labute approximate surface area is 188 Å². The van der Waals surface area contributed by atoms with Gasteiger partial charge in [-0.3, -0.25) is 9.69 Å². The first kappa shape index (κ1) is 23.7. The number of anilines is 1. The number of carbonyl (C=O) groups excluding carboxylic acids is 2. The van der Waals surface area contributed by atoms with Crippen LogP contribution < -0.4 is 10.6 Å². The van der Waals surface area contributed by atoms with Crippen LogP contribution in [-0.4, -0.2) is 61.0 Å². The van der Waals surface area contributed by atoms with Crippen LogP contribution in [0.25, 0.3) is 0 Å². The summed E-state index contributed by atoms with van der Waals surface area (Å²) >= 11 is 0. The maximum Gasteiger partial charge on any atom is 0.408 e. The molecule has 1 aliphatic heterocycles. The molecule has 1 fully saturated rings. The number of aliphatic hydroxyl groups excluding tert-OH is 1. The first-order chi connectivity index (χ1) is 15.6. The molecule has 8 nitrogen and oxygen atoms in total. The molecule has 0 saturated carbocycles. The molecule has 2 aromatic rings. The number of ether oxygens (including phenoxy) is 2. The Morgan fingerprint density at radius 2 is 1.75 bits per heavy atom. The van der Waals surface area contributed by atoms with Crippen LogP contribution in [0, 0.1) is 0 Å². The summed E-state index contributed by atoms with van der Waals surface area (Å²) in [5, 5.41) is 14.7. The number of benzene rings is 2. The fourth-order valence-corrected chi connectivity index (χ4v) is 3.43. The van der Waals surface area contributed by atoms with E-state index >= 15 is 0 Å². The second kappa shape index (κ2) is 12.8. The van der Waals surface area contributed by atoms with Gasteiger partial charge in [0.25, 0.3) is 5.91 Å². The highest BCUT2D eigenvalue weighted by molar-refractivity contribution is 5.95. The van der Waals surface area contributed by atoms with Crippen LogP contribution in [0.3, 0.4) is 0 Å². The lowest BCUT2D eigenvalue weighted by molar-refractivity contribution is -0.124. The number of alkyl carbamates (subject to hydrolysis) is 1. The minimum atomic E-state index is -0.913. The Kier molecular flexibility index (Phi) is 9.49. The highest BCUT2D eigenvalue weighted by atomic mass is 16.6. The zero-order valence-corrected chi connectivity index (χ0v) is 18.2. The molecule has 0 bridgehead atoms. The van der Waals surface area contributed by atoms with Crippen LogP contribution in [-0.2, 0) is 27.4 Å². The fraction of sp³-hybridized carbons (Fsp3) is 0.417. The lowest BCUT2D eigenvalue weighted by Crippen LogP contribution is -2.39. The van der Waals surface area contributed by atoms with E-state index in [1.165, 1.54) is 0 Å². The molecule has 1 atom stereocenters. The molecule has 1 aliphatic rings. The van der Waals surface area contributed by atoms with Gasteiger partial charge in [0.15, 0.2) is 6.10 Å². The maximum atomic E-state index is 12.9. The van der Waals surface area contributed by atoms with Crippen LogP contribution >= 0.6 is 0 Å². The minimum Gasteiger partial charge on any atom is -0.436 e. The van der Waals surface area contributed by atoms with Gasteiger partial charge in [-0.05, 0) is 42.6 Å².